The number of hydrogen-bond acceptors (Lipinski definition) is 4. The summed E-state index contributed by atoms with van der Waals surface area (Å²) >= 11 is 0. The van der Waals surface area contributed by atoms with Crippen LogP contribution in [-0.2, 0) is 4.74 Å². The Kier molecular flexibility index (Phi) is 7.75. The summed E-state index contributed by atoms with van der Waals surface area (Å²) in [5.74, 6) is 1.88. The lowest BCUT2D eigenvalue weighted by Gasteiger charge is -2.37. The Morgan fingerprint density at radius 3 is 1.90 bits per heavy atom. The molecule has 3 rings (SSSR count). The summed E-state index contributed by atoms with van der Waals surface area (Å²) in [6, 6.07) is 0. The van der Waals surface area contributed by atoms with E-state index in [4.69, 9.17) is 4.74 Å². The third-order valence-corrected chi connectivity index (χ3v) is 5.30. The number of nitrogens with one attached hydrogen (secondary N) is 1. The molecule has 0 aromatic heterocycles. The smallest absolute Gasteiger partial charge is 0.0594 e. The van der Waals surface area contributed by atoms with E-state index in [0.29, 0.717) is 0 Å². The van der Waals surface area contributed by atoms with Gasteiger partial charge in [0.25, 0.3) is 0 Å². The Labute approximate surface area is 136 Å². The number of hydrogen-bond donors (Lipinski definition) is 1. The van der Waals surface area contributed by atoms with Crippen LogP contribution in [0.3, 0.4) is 0 Å². The first-order valence-electron chi connectivity index (χ1n) is 8.63. The minimum Gasteiger partial charge on any atom is -0.379 e. The van der Waals surface area contributed by atoms with Crippen LogP contribution >= 0.6 is 12.4 Å². The van der Waals surface area contributed by atoms with E-state index in [-0.39, 0.29) is 12.4 Å². The van der Waals surface area contributed by atoms with Crippen LogP contribution in [-0.4, -0.2) is 75.4 Å². The fourth-order valence-electron chi connectivity index (χ4n) is 3.93. The lowest BCUT2D eigenvalue weighted by atomic mass is 9.93. The molecule has 3 saturated heterocycles. The fraction of sp³-hybridized carbons (Fsp3) is 1.00. The van der Waals surface area contributed by atoms with E-state index in [1.807, 2.05) is 0 Å². The molecule has 124 valence electrons. The molecule has 0 radical (unpaired) electrons. The zero-order valence-corrected chi connectivity index (χ0v) is 14.1. The van der Waals surface area contributed by atoms with Gasteiger partial charge in [0.2, 0.25) is 0 Å². The van der Waals surface area contributed by atoms with Crippen LogP contribution in [0, 0.1) is 11.8 Å². The summed E-state index contributed by atoms with van der Waals surface area (Å²) in [6.07, 6.45) is 5.58. The summed E-state index contributed by atoms with van der Waals surface area (Å²) in [4.78, 5) is 5.34. The van der Waals surface area contributed by atoms with Gasteiger partial charge in [0, 0.05) is 26.2 Å². The van der Waals surface area contributed by atoms with Crippen molar-refractivity contribution in [1.82, 2.24) is 15.1 Å². The zero-order valence-electron chi connectivity index (χ0n) is 13.3. The zero-order chi connectivity index (χ0) is 13.6. The molecule has 0 aromatic carbocycles. The molecule has 3 heterocycles. The minimum atomic E-state index is 0. The predicted molar refractivity (Wildman–Crippen MR) is 89.3 cm³/mol. The van der Waals surface area contributed by atoms with Crippen molar-refractivity contribution in [2.75, 3.05) is 65.6 Å². The average Bonchev–Trinajstić information content (AvgIpc) is 2.51. The first kappa shape index (κ1) is 17.5. The lowest BCUT2D eigenvalue weighted by molar-refractivity contribution is 0.0236. The van der Waals surface area contributed by atoms with E-state index in [1.165, 1.54) is 65.0 Å². The normalized spacial score (nSPS) is 27.4. The molecule has 0 amide bonds. The molecule has 21 heavy (non-hydrogen) atoms. The highest BCUT2D eigenvalue weighted by atomic mass is 35.5. The third-order valence-electron chi connectivity index (χ3n) is 5.30. The van der Waals surface area contributed by atoms with Gasteiger partial charge in [-0.3, -0.25) is 4.90 Å². The van der Waals surface area contributed by atoms with Crippen molar-refractivity contribution >= 4 is 12.4 Å². The average molecular weight is 318 g/mol. The maximum atomic E-state index is 5.44. The largest absolute Gasteiger partial charge is 0.379 e. The molecule has 3 fully saturated rings. The van der Waals surface area contributed by atoms with E-state index in [0.717, 1.165) is 38.1 Å². The minimum absolute atomic E-state index is 0. The van der Waals surface area contributed by atoms with Crippen molar-refractivity contribution in [2.45, 2.75) is 25.7 Å². The molecule has 1 N–H and O–H groups in total. The number of halogens is 1. The van der Waals surface area contributed by atoms with E-state index in [9.17, 15) is 0 Å². The molecular formula is C16H32ClN3O. The number of piperidine rings is 2. The molecule has 0 unspecified atom stereocenters. The molecule has 3 aliphatic heterocycles. The van der Waals surface area contributed by atoms with E-state index in [1.54, 1.807) is 0 Å². The van der Waals surface area contributed by atoms with Crippen LogP contribution in [0.15, 0.2) is 0 Å². The third kappa shape index (κ3) is 5.68. The first-order chi connectivity index (χ1) is 9.90. The monoisotopic (exact) mass is 317 g/mol. The quantitative estimate of drug-likeness (QED) is 0.849. The molecule has 0 aromatic rings. The van der Waals surface area contributed by atoms with Crippen molar-refractivity contribution in [3.8, 4) is 0 Å². The molecule has 0 spiro atoms. The van der Waals surface area contributed by atoms with Crippen molar-refractivity contribution < 1.29 is 4.74 Å². The molecule has 0 atom stereocenters. The van der Waals surface area contributed by atoms with Crippen LogP contribution in [0.25, 0.3) is 0 Å². The van der Waals surface area contributed by atoms with E-state index in [2.05, 4.69) is 15.1 Å². The van der Waals surface area contributed by atoms with Crippen molar-refractivity contribution in [3.05, 3.63) is 0 Å². The Bertz CT molecular complexity index is 245. The second-order valence-corrected chi connectivity index (χ2v) is 6.85. The lowest BCUT2D eigenvalue weighted by Crippen LogP contribution is -2.44. The molecular weight excluding hydrogens is 286 g/mol. The maximum Gasteiger partial charge on any atom is 0.0594 e. The van der Waals surface area contributed by atoms with Gasteiger partial charge in [-0.1, -0.05) is 0 Å². The number of likely N-dealkylation sites (tertiary alicyclic amines) is 1. The standard InChI is InChI=1S/C16H31N3O.ClH/c1-5-17-6-2-15(1)13-18-7-3-16(4-8-18)14-19-9-11-20-12-10-19;/h15-17H,1-14H2;1H. The Morgan fingerprint density at radius 2 is 1.29 bits per heavy atom. The first-order valence-corrected chi connectivity index (χ1v) is 8.63. The van der Waals surface area contributed by atoms with Crippen LogP contribution in [0.1, 0.15) is 25.7 Å². The highest BCUT2D eigenvalue weighted by Gasteiger charge is 2.24. The highest BCUT2D eigenvalue weighted by molar-refractivity contribution is 5.85. The Hall–Kier alpha value is 0.130. The number of morpholine rings is 1. The van der Waals surface area contributed by atoms with Gasteiger partial charge in [-0.15, -0.1) is 12.4 Å². The van der Waals surface area contributed by atoms with E-state index < -0.39 is 0 Å². The Balaban J connectivity index is 0.00000161. The van der Waals surface area contributed by atoms with Crippen LogP contribution in [0.4, 0.5) is 0 Å². The van der Waals surface area contributed by atoms with Gasteiger partial charge in [0.1, 0.15) is 0 Å². The molecule has 0 aliphatic carbocycles. The number of rotatable bonds is 4. The van der Waals surface area contributed by atoms with Gasteiger partial charge in [-0.25, -0.2) is 0 Å². The van der Waals surface area contributed by atoms with Gasteiger partial charge in [-0.2, -0.15) is 0 Å². The Morgan fingerprint density at radius 1 is 0.762 bits per heavy atom. The molecule has 0 saturated carbocycles. The second-order valence-electron chi connectivity index (χ2n) is 6.85. The molecule has 0 bridgehead atoms. The number of nitrogens with zero attached hydrogens (tertiary/aromatic N) is 2. The van der Waals surface area contributed by atoms with Crippen LogP contribution in [0.2, 0.25) is 0 Å². The van der Waals surface area contributed by atoms with Crippen molar-refractivity contribution in [1.29, 1.82) is 0 Å². The fourth-order valence-corrected chi connectivity index (χ4v) is 3.93. The summed E-state index contributed by atoms with van der Waals surface area (Å²) in [5.41, 5.74) is 0. The van der Waals surface area contributed by atoms with Gasteiger partial charge in [-0.05, 0) is 63.7 Å². The van der Waals surface area contributed by atoms with Gasteiger partial charge in [0.05, 0.1) is 13.2 Å². The molecule has 3 aliphatic rings. The van der Waals surface area contributed by atoms with Gasteiger partial charge in [0.15, 0.2) is 0 Å². The van der Waals surface area contributed by atoms with Crippen molar-refractivity contribution in [2.24, 2.45) is 11.8 Å². The van der Waals surface area contributed by atoms with Crippen molar-refractivity contribution in [3.63, 3.8) is 0 Å². The summed E-state index contributed by atoms with van der Waals surface area (Å²) in [7, 11) is 0. The van der Waals surface area contributed by atoms with Gasteiger partial charge < -0.3 is 15.0 Å². The maximum absolute atomic E-state index is 5.44. The molecule has 5 heteroatoms. The SMILES string of the molecule is C1CC(CN2CCC(CN3CCOCC3)CC2)CCN1.Cl. The van der Waals surface area contributed by atoms with E-state index >= 15 is 0 Å². The topological polar surface area (TPSA) is 27.7 Å². The second kappa shape index (κ2) is 9.31. The number of ether oxygens (including phenoxy) is 1. The van der Waals surface area contributed by atoms with Crippen LogP contribution in [0.5, 0.6) is 0 Å². The summed E-state index contributed by atoms with van der Waals surface area (Å²) < 4.78 is 5.44. The van der Waals surface area contributed by atoms with Gasteiger partial charge >= 0.3 is 0 Å². The summed E-state index contributed by atoms with van der Waals surface area (Å²) in [6.45, 7) is 12.0. The predicted octanol–water partition coefficient (Wildman–Crippen LogP) is 1.45. The van der Waals surface area contributed by atoms with Crippen LogP contribution < -0.4 is 5.32 Å². The molecule has 4 nitrogen and oxygen atoms in total. The summed E-state index contributed by atoms with van der Waals surface area (Å²) in [5, 5.41) is 3.47. The highest BCUT2D eigenvalue weighted by Crippen LogP contribution is 2.21.